The number of nitrogens with one attached hydrogen (secondary N) is 1. The van der Waals surface area contributed by atoms with Gasteiger partial charge in [-0.2, -0.15) is 0 Å². The van der Waals surface area contributed by atoms with Crippen LogP contribution in [-0.2, 0) is 0 Å². The number of nitrogens with zero attached hydrogens (tertiary/aromatic N) is 2. The molecule has 0 radical (unpaired) electrons. The van der Waals surface area contributed by atoms with Crippen LogP contribution in [-0.4, -0.2) is 23.9 Å². The molecule has 1 heterocycles. The van der Waals surface area contributed by atoms with E-state index in [-0.39, 0.29) is 11.9 Å². The number of aromatic nitrogens is 1. The van der Waals surface area contributed by atoms with Gasteiger partial charge in [0.05, 0.1) is 10.9 Å². The van der Waals surface area contributed by atoms with Crippen molar-refractivity contribution < 1.29 is 0 Å². The van der Waals surface area contributed by atoms with Gasteiger partial charge in [-0.3, -0.25) is 5.41 Å². The van der Waals surface area contributed by atoms with E-state index >= 15 is 0 Å². The fraction of sp³-hybridized carbons (Fsp3) is 0.400. The first-order valence-corrected chi connectivity index (χ1v) is 5.06. The molecule has 3 N–H and O–H groups in total. The fourth-order valence-corrected chi connectivity index (χ4v) is 1.56. The molecule has 15 heavy (non-hydrogen) atoms. The molecular formula is C10H15ClN4. The average molecular weight is 227 g/mol. The Kier molecular flexibility index (Phi) is 3.91. The lowest BCUT2D eigenvalue weighted by atomic mass is 10.2. The van der Waals surface area contributed by atoms with Crippen LogP contribution in [0.2, 0.25) is 5.02 Å². The van der Waals surface area contributed by atoms with E-state index in [0.29, 0.717) is 17.3 Å². The average Bonchev–Trinajstić information content (AvgIpc) is 2.16. The van der Waals surface area contributed by atoms with Crippen LogP contribution in [0.1, 0.15) is 13.3 Å². The van der Waals surface area contributed by atoms with Crippen LogP contribution in [0.5, 0.6) is 0 Å². The van der Waals surface area contributed by atoms with Crippen LogP contribution in [0.3, 0.4) is 0 Å². The minimum Gasteiger partial charge on any atom is -0.388 e. The highest BCUT2D eigenvalue weighted by Gasteiger charge is 2.14. The number of anilines is 1. The third-order valence-corrected chi connectivity index (χ3v) is 2.54. The van der Waals surface area contributed by atoms with Gasteiger partial charge >= 0.3 is 0 Å². The molecule has 1 atom stereocenters. The summed E-state index contributed by atoms with van der Waals surface area (Å²) in [5.74, 6) is 0.884. The van der Waals surface area contributed by atoms with Crippen molar-refractivity contribution in [3.05, 3.63) is 23.4 Å². The summed E-state index contributed by atoms with van der Waals surface area (Å²) < 4.78 is 0. The molecule has 0 bridgehead atoms. The molecule has 1 aromatic rings. The third-order valence-electron chi connectivity index (χ3n) is 2.25. The number of hydrogen-bond donors (Lipinski definition) is 2. The molecule has 1 rings (SSSR count). The zero-order valence-electron chi connectivity index (χ0n) is 8.87. The van der Waals surface area contributed by atoms with E-state index in [1.807, 2.05) is 18.9 Å². The second-order valence-corrected chi connectivity index (χ2v) is 3.91. The maximum Gasteiger partial charge on any atom is 0.147 e. The number of rotatable bonds is 4. The van der Waals surface area contributed by atoms with Gasteiger partial charge in [0.2, 0.25) is 0 Å². The summed E-state index contributed by atoms with van der Waals surface area (Å²) >= 11 is 6.01. The third kappa shape index (κ3) is 3.09. The first kappa shape index (κ1) is 11.8. The molecule has 0 saturated carbocycles. The summed E-state index contributed by atoms with van der Waals surface area (Å²) in [7, 11) is 1.89. The Bertz CT molecular complexity index is 353. The normalized spacial score (nSPS) is 12.2. The fourth-order valence-electron chi connectivity index (χ4n) is 1.30. The van der Waals surface area contributed by atoms with Crippen molar-refractivity contribution in [2.45, 2.75) is 19.4 Å². The monoisotopic (exact) mass is 226 g/mol. The molecule has 0 aliphatic carbocycles. The van der Waals surface area contributed by atoms with Crippen molar-refractivity contribution in [1.82, 2.24) is 4.98 Å². The van der Waals surface area contributed by atoms with Gasteiger partial charge in [-0.1, -0.05) is 11.6 Å². The summed E-state index contributed by atoms with van der Waals surface area (Å²) in [6.45, 7) is 1.98. The van der Waals surface area contributed by atoms with Crippen molar-refractivity contribution in [2.75, 3.05) is 11.9 Å². The minimum atomic E-state index is 0.106. The van der Waals surface area contributed by atoms with Crippen LogP contribution >= 0.6 is 11.6 Å². The van der Waals surface area contributed by atoms with Crippen molar-refractivity contribution in [3.8, 4) is 0 Å². The van der Waals surface area contributed by atoms with Crippen LogP contribution in [0.25, 0.3) is 0 Å². The summed E-state index contributed by atoms with van der Waals surface area (Å²) in [5.41, 5.74) is 5.35. The molecule has 5 heteroatoms. The van der Waals surface area contributed by atoms with E-state index in [2.05, 4.69) is 4.98 Å². The van der Waals surface area contributed by atoms with Gasteiger partial charge in [0.15, 0.2) is 0 Å². The van der Waals surface area contributed by atoms with Gasteiger partial charge in [-0.25, -0.2) is 4.98 Å². The summed E-state index contributed by atoms with van der Waals surface area (Å²) in [6, 6.07) is 3.69. The Morgan fingerprint density at radius 2 is 2.40 bits per heavy atom. The van der Waals surface area contributed by atoms with Crippen LogP contribution in [0.4, 0.5) is 5.82 Å². The Hall–Kier alpha value is -1.29. The van der Waals surface area contributed by atoms with Gasteiger partial charge in [0.25, 0.3) is 0 Å². The highest BCUT2D eigenvalue weighted by atomic mass is 35.5. The minimum absolute atomic E-state index is 0.106. The lowest BCUT2D eigenvalue weighted by molar-refractivity contribution is 0.700. The quantitative estimate of drug-likeness (QED) is 0.609. The molecule has 0 aliphatic heterocycles. The first-order chi connectivity index (χ1) is 7.02. The van der Waals surface area contributed by atoms with E-state index in [9.17, 15) is 0 Å². The molecule has 0 saturated heterocycles. The Balaban J connectivity index is 2.80. The lowest BCUT2D eigenvalue weighted by Crippen LogP contribution is -2.33. The standard InChI is InChI=1S/C10H15ClN4/c1-7(6-9(12)13)15(2)10-8(11)4-3-5-14-10/h3-5,7H,6H2,1-2H3,(H3,12,13). The molecule has 1 aromatic heterocycles. The maximum atomic E-state index is 7.23. The molecule has 0 spiro atoms. The number of nitrogens with two attached hydrogens (primary N) is 1. The van der Waals surface area contributed by atoms with Gasteiger partial charge in [-0.05, 0) is 19.1 Å². The summed E-state index contributed by atoms with van der Waals surface area (Å²) in [4.78, 5) is 6.11. The van der Waals surface area contributed by atoms with E-state index in [4.69, 9.17) is 22.7 Å². The molecular weight excluding hydrogens is 212 g/mol. The Morgan fingerprint density at radius 1 is 1.73 bits per heavy atom. The Morgan fingerprint density at radius 3 is 2.93 bits per heavy atom. The second kappa shape index (κ2) is 4.98. The van der Waals surface area contributed by atoms with E-state index in [1.54, 1.807) is 18.3 Å². The number of halogens is 1. The topological polar surface area (TPSA) is 66.0 Å². The van der Waals surface area contributed by atoms with Crippen molar-refractivity contribution in [2.24, 2.45) is 5.73 Å². The van der Waals surface area contributed by atoms with Gasteiger partial charge < -0.3 is 10.6 Å². The maximum absolute atomic E-state index is 7.23. The smallest absolute Gasteiger partial charge is 0.147 e. The lowest BCUT2D eigenvalue weighted by Gasteiger charge is -2.26. The summed E-state index contributed by atoms with van der Waals surface area (Å²) in [6.07, 6.45) is 2.20. The highest BCUT2D eigenvalue weighted by molar-refractivity contribution is 6.32. The highest BCUT2D eigenvalue weighted by Crippen LogP contribution is 2.23. The zero-order chi connectivity index (χ0) is 11.4. The number of amidine groups is 1. The van der Waals surface area contributed by atoms with Gasteiger partial charge in [0.1, 0.15) is 5.82 Å². The molecule has 1 unspecified atom stereocenters. The van der Waals surface area contributed by atoms with Crippen LogP contribution in [0, 0.1) is 5.41 Å². The zero-order valence-corrected chi connectivity index (χ0v) is 9.62. The molecule has 0 aromatic carbocycles. The van der Waals surface area contributed by atoms with Crippen molar-refractivity contribution >= 4 is 23.3 Å². The molecule has 0 amide bonds. The number of hydrogen-bond acceptors (Lipinski definition) is 3. The van der Waals surface area contributed by atoms with E-state index in [1.165, 1.54) is 0 Å². The molecule has 0 aliphatic rings. The SMILES string of the molecule is CC(CC(=N)N)N(C)c1ncccc1Cl. The van der Waals surface area contributed by atoms with Crippen molar-refractivity contribution in [1.29, 1.82) is 5.41 Å². The number of pyridine rings is 1. The van der Waals surface area contributed by atoms with E-state index < -0.39 is 0 Å². The Labute approximate surface area is 94.6 Å². The van der Waals surface area contributed by atoms with Gasteiger partial charge in [0, 0.05) is 25.7 Å². The molecule has 0 fully saturated rings. The first-order valence-electron chi connectivity index (χ1n) is 4.68. The van der Waals surface area contributed by atoms with Gasteiger partial charge in [-0.15, -0.1) is 0 Å². The largest absolute Gasteiger partial charge is 0.388 e. The predicted molar refractivity (Wildman–Crippen MR) is 63.6 cm³/mol. The predicted octanol–water partition coefficient (Wildman–Crippen LogP) is 1.89. The second-order valence-electron chi connectivity index (χ2n) is 3.50. The van der Waals surface area contributed by atoms with Crippen LogP contribution in [0.15, 0.2) is 18.3 Å². The molecule has 4 nitrogen and oxygen atoms in total. The van der Waals surface area contributed by atoms with E-state index in [0.717, 1.165) is 0 Å². The summed E-state index contributed by atoms with van der Waals surface area (Å²) in [5, 5.41) is 7.84. The molecule has 82 valence electrons. The van der Waals surface area contributed by atoms with Crippen LogP contribution < -0.4 is 10.6 Å². The van der Waals surface area contributed by atoms with Crippen molar-refractivity contribution in [3.63, 3.8) is 0 Å².